The molecule has 0 aromatic carbocycles. The Bertz CT molecular complexity index is 308. The first kappa shape index (κ1) is 12.9. The van der Waals surface area contributed by atoms with E-state index in [2.05, 4.69) is 4.72 Å². The first-order valence-corrected chi connectivity index (χ1v) is 6.62. The van der Waals surface area contributed by atoms with Crippen LogP contribution in [0.2, 0.25) is 0 Å². The summed E-state index contributed by atoms with van der Waals surface area (Å²) in [5, 5.41) is 9.06. The van der Waals surface area contributed by atoms with E-state index in [-0.39, 0.29) is 12.6 Å². The molecule has 1 fully saturated rings. The highest BCUT2D eigenvalue weighted by atomic mass is 32.2. The van der Waals surface area contributed by atoms with Crippen molar-refractivity contribution in [1.29, 1.82) is 0 Å². The highest BCUT2D eigenvalue weighted by Crippen LogP contribution is 2.20. The predicted molar refractivity (Wildman–Crippen MR) is 58.6 cm³/mol. The maximum atomic E-state index is 11.9. The fourth-order valence-electron chi connectivity index (χ4n) is 1.75. The highest BCUT2D eigenvalue weighted by molar-refractivity contribution is 7.87. The van der Waals surface area contributed by atoms with Crippen LogP contribution in [0.5, 0.6) is 0 Å². The molecule has 1 saturated heterocycles. The van der Waals surface area contributed by atoms with Crippen LogP contribution in [0.1, 0.15) is 33.6 Å². The molecule has 5 nitrogen and oxygen atoms in total. The van der Waals surface area contributed by atoms with Crippen LogP contribution < -0.4 is 4.72 Å². The monoisotopic (exact) mass is 236 g/mol. The van der Waals surface area contributed by atoms with E-state index < -0.39 is 15.7 Å². The van der Waals surface area contributed by atoms with Gasteiger partial charge in [0.05, 0.1) is 6.61 Å². The van der Waals surface area contributed by atoms with Gasteiger partial charge in [0.1, 0.15) is 0 Å². The summed E-state index contributed by atoms with van der Waals surface area (Å²) in [5.41, 5.74) is -0.485. The molecule has 1 aliphatic rings. The van der Waals surface area contributed by atoms with E-state index >= 15 is 0 Å². The van der Waals surface area contributed by atoms with Gasteiger partial charge in [-0.05, 0) is 33.6 Å². The quantitative estimate of drug-likeness (QED) is 0.729. The Balaban J connectivity index is 2.77. The van der Waals surface area contributed by atoms with Gasteiger partial charge >= 0.3 is 0 Å². The Morgan fingerprint density at radius 3 is 2.53 bits per heavy atom. The molecule has 0 aromatic heterocycles. The molecule has 0 amide bonds. The van der Waals surface area contributed by atoms with Gasteiger partial charge in [-0.3, -0.25) is 0 Å². The van der Waals surface area contributed by atoms with Crippen molar-refractivity contribution in [3.63, 3.8) is 0 Å². The fraction of sp³-hybridized carbons (Fsp3) is 1.00. The molecule has 0 aliphatic carbocycles. The molecule has 6 heteroatoms. The van der Waals surface area contributed by atoms with Crippen LogP contribution in [0.25, 0.3) is 0 Å². The third-order valence-corrected chi connectivity index (χ3v) is 4.25. The molecule has 1 atom stereocenters. The number of aliphatic hydroxyl groups is 1. The maximum Gasteiger partial charge on any atom is 0.280 e. The second kappa shape index (κ2) is 4.37. The Morgan fingerprint density at radius 2 is 2.07 bits per heavy atom. The Kier molecular flexibility index (Phi) is 3.76. The van der Waals surface area contributed by atoms with E-state index in [1.807, 2.05) is 0 Å². The van der Waals surface area contributed by atoms with Crippen LogP contribution in [0.4, 0.5) is 0 Å². The molecule has 1 aliphatic heterocycles. The van der Waals surface area contributed by atoms with Crippen molar-refractivity contribution in [1.82, 2.24) is 9.03 Å². The first-order valence-electron chi connectivity index (χ1n) is 5.18. The normalized spacial score (nSPS) is 24.7. The van der Waals surface area contributed by atoms with Gasteiger partial charge in [-0.2, -0.15) is 17.4 Å². The van der Waals surface area contributed by atoms with Gasteiger partial charge in [-0.15, -0.1) is 0 Å². The zero-order valence-electron chi connectivity index (χ0n) is 9.52. The Morgan fingerprint density at radius 1 is 1.47 bits per heavy atom. The summed E-state index contributed by atoms with van der Waals surface area (Å²) in [4.78, 5) is 0. The van der Waals surface area contributed by atoms with Gasteiger partial charge in [0, 0.05) is 18.1 Å². The minimum atomic E-state index is -3.46. The van der Waals surface area contributed by atoms with Crippen molar-refractivity contribution in [2.75, 3.05) is 13.2 Å². The Labute approximate surface area is 91.7 Å². The number of rotatable bonds is 3. The van der Waals surface area contributed by atoms with E-state index in [0.29, 0.717) is 6.54 Å². The standard InChI is InChI=1S/C9H20N2O3S/c1-9(2,3)10-15(13,14)11-6-4-5-8(11)7-12/h8,10,12H,4-7H2,1-3H3/t8-/m0/s1. The summed E-state index contributed by atoms with van der Waals surface area (Å²) >= 11 is 0. The molecule has 90 valence electrons. The molecule has 1 heterocycles. The average Bonchev–Trinajstić information content (AvgIpc) is 2.46. The van der Waals surface area contributed by atoms with Gasteiger partial charge in [0.2, 0.25) is 0 Å². The van der Waals surface area contributed by atoms with Crippen LogP contribution in [0.3, 0.4) is 0 Å². The van der Waals surface area contributed by atoms with Crippen LogP contribution in [0.15, 0.2) is 0 Å². The first-order chi connectivity index (χ1) is 6.76. The lowest BCUT2D eigenvalue weighted by molar-refractivity contribution is 0.211. The molecule has 0 spiro atoms. The van der Waals surface area contributed by atoms with Crippen LogP contribution in [-0.4, -0.2) is 42.6 Å². The zero-order valence-corrected chi connectivity index (χ0v) is 10.3. The summed E-state index contributed by atoms with van der Waals surface area (Å²) in [6.07, 6.45) is 1.55. The molecule has 2 N–H and O–H groups in total. The van der Waals surface area contributed by atoms with Gasteiger partial charge in [-0.25, -0.2) is 0 Å². The van der Waals surface area contributed by atoms with Crippen molar-refractivity contribution >= 4 is 10.2 Å². The molecule has 1 rings (SSSR count). The Hall–Kier alpha value is -0.170. The largest absolute Gasteiger partial charge is 0.395 e. The second-order valence-corrected chi connectivity index (χ2v) is 6.57. The van der Waals surface area contributed by atoms with Crippen LogP contribution >= 0.6 is 0 Å². The number of aliphatic hydroxyl groups excluding tert-OH is 1. The summed E-state index contributed by atoms with van der Waals surface area (Å²) in [5.74, 6) is 0. The van der Waals surface area contributed by atoms with Crippen molar-refractivity contribution in [3.8, 4) is 0 Å². The van der Waals surface area contributed by atoms with Crippen molar-refractivity contribution in [2.24, 2.45) is 0 Å². The van der Waals surface area contributed by atoms with Crippen LogP contribution in [0, 0.1) is 0 Å². The lowest BCUT2D eigenvalue weighted by atomic mass is 10.1. The summed E-state index contributed by atoms with van der Waals surface area (Å²) in [6, 6.07) is -0.259. The average molecular weight is 236 g/mol. The minimum Gasteiger partial charge on any atom is -0.395 e. The summed E-state index contributed by atoms with van der Waals surface area (Å²) in [7, 11) is -3.46. The molecule has 0 unspecified atom stereocenters. The lowest BCUT2D eigenvalue weighted by Crippen LogP contribution is -2.51. The molecule has 0 radical (unpaired) electrons. The van der Waals surface area contributed by atoms with E-state index in [4.69, 9.17) is 5.11 Å². The van der Waals surface area contributed by atoms with E-state index in [1.165, 1.54) is 4.31 Å². The SMILES string of the molecule is CC(C)(C)NS(=O)(=O)N1CCC[C@H]1CO. The smallest absolute Gasteiger partial charge is 0.280 e. The number of nitrogens with zero attached hydrogens (tertiary/aromatic N) is 1. The van der Waals surface area contributed by atoms with Gasteiger partial charge in [0.15, 0.2) is 0 Å². The summed E-state index contributed by atoms with van der Waals surface area (Å²) in [6.45, 7) is 5.79. The number of hydrogen-bond acceptors (Lipinski definition) is 3. The molecule has 0 saturated carbocycles. The van der Waals surface area contributed by atoms with E-state index in [0.717, 1.165) is 12.8 Å². The second-order valence-electron chi connectivity index (χ2n) is 4.95. The van der Waals surface area contributed by atoms with Gasteiger partial charge in [-0.1, -0.05) is 0 Å². The third kappa shape index (κ3) is 3.41. The molecular formula is C9H20N2O3S. The molecule has 15 heavy (non-hydrogen) atoms. The predicted octanol–water partition coefficient (Wildman–Crippen LogP) is 0.0760. The summed E-state index contributed by atoms with van der Waals surface area (Å²) < 4.78 is 27.8. The van der Waals surface area contributed by atoms with Crippen molar-refractivity contribution in [3.05, 3.63) is 0 Å². The number of hydrogen-bond donors (Lipinski definition) is 2. The highest BCUT2D eigenvalue weighted by Gasteiger charge is 2.35. The minimum absolute atomic E-state index is 0.106. The van der Waals surface area contributed by atoms with Crippen LogP contribution in [-0.2, 0) is 10.2 Å². The van der Waals surface area contributed by atoms with Crippen molar-refractivity contribution < 1.29 is 13.5 Å². The van der Waals surface area contributed by atoms with Crippen molar-refractivity contribution in [2.45, 2.75) is 45.2 Å². The molecule has 0 bridgehead atoms. The van der Waals surface area contributed by atoms with Gasteiger partial charge < -0.3 is 5.11 Å². The molecule has 0 aromatic rings. The topological polar surface area (TPSA) is 69.6 Å². The van der Waals surface area contributed by atoms with E-state index in [1.54, 1.807) is 20.8 Å². The fourth-order valence-corrected chi connectivity index (χ4v) is 3.58. The third-order valence-electron chi connectivity index (χ3n) is 2.28. The van der Waals surface area contributed by atoms with Gasteiger partial charge in [0.25, 0.3) is 10.2 Å². The molecular weight excluding hydrogens is 216 g/mol. The number of nitrogens with one attached hydrogen (secondary N) is 1. The maximum absolute atomic E-state index is 11.9. The lowest BCUT2D eigenvalue weighted by Gasteiger charge is -2.28. The zero-order chi connectivity index (χ0) is 11.7. The van der Waals surface area contributed by atoms with E-state index in [9.17, 15) is 8.42 Å².